The van der Waals surface area contributed by atoms with Gasteiger partial charge in [0.15, 0.2) is 5.65 Å². The van der Waals surface area contributed by atoms with Crippen LogP contribution in [0, 0.1) is 6.92 Å². The fourth-order valence-corrected chi connectivity index (χ4v) is 4.85. The number of carbonyl (C=O) groups excluding carboxylic acids is 1. The fraction of sp³-hybridized carbons (Fsp3) is 0.0938. The number of H-pyrrole nitrogens is 1. The fourth-order valence-electron chi connectivity index (χ4n) is 4.62. The molecule has 0 atom stereocenters. The number of nitrogens with one attached hydrogen (secondary N) is 3. The summed E-state index contributed by atoms with van der Waals surface area (Å²) >= 11 is 6.46. The van der Waals surface area contributed by atoms with Crippen LogP contribution >= 0.6 is 11.6 Å². The maximum atomic E-state index is 12.4. The van der Waals surface area contributed by atoms with Gasteiger partial charge in [0.1, 0.15) is 5.82 Å². The number of rotatable bonds is 8. The molecule has 40 heavy (non-hydrogen) atoms. The highest BCUT2D eigenvalue weighted by atomic mass is 35.5. The van der Waals surface area contributed by atoms with E-state index in [1.165, 1.54) is 0 Å². The lowest BCUT2D eigenvalue weighted by Gasteiger charge is -2.12. The van der Waals surface area contributed by atoms with Gasteiger partial charge in [-0.25, -0.2) is 4.98 Å². The van der Waals surface area contributed by atoms with Crippen LogP contribution < -0.4 is 10.6 Å². The van der Waals surface area contributed by atoms with Crippen LogP contribution in [-0.4, -0.2) is 25.5 Å². The molecule has 0 unspecified atom stereocenters. The molecule has 7 nitrogen and oxygen atoms in total. The van der Waals surface area contributed by atoms with Gasteiger partial charge in [0, 0.05) is 58.5 Å². The summed E-state index contributed by atoms with van der Waals surface area (Å²) in [5, 5.41) is 12.7. The summed E-state index contributed by atoms with van der Waals surface area (Å²) in [6.45, 7) is 3.04. The van der Waals surface area contributed by atoms with E-state index in [1.54, 1.807) is 6.08 Å². The summed E-state index contributed by atoms with van der Waals surface area (Å²) in [5.74, 6) is 0.688. The summed E-state index contributed by atoms with van der Waals surface area (Å²) < 4.78 is 1.81. The van der Waals surface area contributed by atoms with Crippen LogP contribution in [0.5, 0.6) is 0 Å². The number of para-hydroxylation sites is 1. The third kappa shape index (κ3) is 5.32. The smallest absolute Gasteiger partial charge is 0.244 e. The molecule has 0 saturated heterocycles. The van der Waals surface area contributed by atoms with E-state index in [9.17, 15) is 4.79 Å². The van der Waals surface area contributed by atoms with Gasteiger partial charge in [0.05, 0.1) is 11.9 Å². The van der Waals surface area contributed by atoms with Crippen molar-refractivity contribution < 1.29 is 4.79 Å². The number of halogens is 1. The van der Waals surface area contributed by atoms with Gasteiger partial charge in [-0.3, -0.25) is 4.79 Å². The molecule has 3 N–H and O–H groups in total. The van der Waals surface area contributed by atoms with Crippen molar-refractivity contribution in [3.63, 3.8) is 0 Å². The number of carbonyl (C=O) groups is 1. The largest absolute Gasteiger partial charge is 0.366 e. The molecule has 0 radical (unpaired) electrons. The molecule has 0 aliphatic carbocycles. The second-order valence-corrected chi connectivity index (χ2v) is 9.99. The summed E-state index contributed by atoms with van der Waals surface area (Å²) in [6, 6.07) is 25.8. The van der Waals surface area contributed by atoms with E-state index in [1.807, 2.05) is 96.6 Å². The summed E-state index contributed by atoms with van der Waals surface area (Å²) in [6.07, 6.45) is 7.11. The van der Waals surface area contributed by atoms with E-state index in [2.05, 4.69) is 32.8 Å². The molecule has 6 aromatic rings. The van der Waals surface area contributed by atoms with Gasteiger partial charge in [-0.2, -0.15) is 9.61 Å². The first kappa shape index (κ1) is 25.4. The Morgan fingerprint density at radius 3 is 2.58 bits per heavy atom. The van der Waals surface area contributed by atoms with Gasteiger partial charge in [0.25, 0.3) is 0 Å². The monoisotopic (exact) mass is 546 g/mol. The average molecular weight is 547 g/mol. The summed E-state index contributed by atoms with van der Waals surface area (Å²) in [5.41, 5.74) is 7.58. The van der Waals surface area contributed by atoms with E-state index < -0.39 is 0 Å². The zero-order valence-corrected chi connectivity index (χ0v) is 22.6. The Morgan fingerprint density at radius 1 is 1.00 bits per heavy atom. The van der Waals surface area contributed by atoms with Crippen molar-refractivity contribution in [2.45, 2.75) is 20.0 Å². The summed E-state index contributed by atoms with van der Waals surface area (Å²) in [7, 11) is 0. The van der Waals surface area contributed by atoms with Crippen LogP contribution in [0.4, 0.5) is 5.82 Å². The molecule has 3 heterocycles. The average Bonchev–Trinajstić information content (AvgIpc) is 3.57. The first-order chi connectivity index (χ1) is 19.5. The van der Waals surface area contributed by atoms with Gasteiger partial charge in [-0.15, -0.1) is 0 Å². The molecule has 8 heteroatoms. The number of aromatic amines is 1. The minimum atomic E-state index is -0.137. The minimum Gasteiger partial charge on any atom is -0.366 e. The molecular weight excluding hydrogens is 520 g/mol. The van der Waals surface area contributed by atoms with Crippen molar-refractivity contribution in [2.24, 2.45) is 0 Å². The summed E-state index contributed by atoms with van der Waals surface area (Å²) in [4.78, 5) is 20.4. The lowest BCUT2D eigenvalue weighted by molar-refractivity contribution is -0.116. The van der Waals surface area contributed by atoms with Crippen LogP contribution in [0.15, 0.2) is 97.3 Å². The molecule has 0 aliphatic heterocycles. The molecule has 1 amide bonds. The van der Waals surface area contributed by atoms with Gasteiger partial charge < -0.3 is 15.6 Å². The van der Waals surface area contributed by atoms with Crippen LogP contribution in [-0.2, 0) is 17.9 Å². The second kappa shape index (κ2) is 11.1. The first-order valence-electron chi connectivity index (χ1n) is 13.0. The van der Waals surface area contributed by atoms with Crippen LogP contribution in [0.25, 0.3) is 33.9 Å². The van der Waals surface area contributed by atoms with Gasteiger partial charge >= 0.3 is 0 Å². The van der Waals surface area contributed by atoms with Crippen LogP contribution in [0.1, 0.15) is 22.3 Å². The topological polar surface area (TPSA) is 87.1 Å². The van der Waals surface area contributed by atoms with E-state index in [0.29, 0.717) is 18.1 Å². The van der Waals surface area contributed by atoms with Crippen LogP contribution in [0.2, 0.25) is 5.02 Å². The Morgan fingerprint density at radius 2 is 1.75 bits per heavy atom. The molecule has 0 bridgehead atoms. The standard InChI is InChI=1S/C32H27ClN6O/c1-21-17-37-39-30(16-29(38-32(21)39)26-7-2-4-8-27(26)33)35-18-22-10-12-23(13-11-22)19-36-31(40)15-14-24-20-34-28-9-5-3-6-25(24)28/h2-17,20,34-35H,18-19H2,1H3,(H,36,40)/b15-14+. The zero-order valence-electron chi connectivity index (χ0n) is 21.9. The Labute approximate surface area is 236 Å². The minimum absolute atomic E-state index is 0.137. The third-order valence-electron chi connectivity index (χ3n) is 6.80. The van der Waals surface area contributed by atoms with Crippen molar-refractivity contribution >= 4 is 46.0 Å². The Hall–Kier alpha value is -4.88. The highest BCUT2D eigenvalue weighted by molar-refractivity contribution is 6.33. The molecule has 0 aliphatic rings. The number of fused-ring (bicyclic) bond motifs is 2. The number of aryl methyl sites for hydroxylation is 1. The number of hydrogen-bond donors (Lipinski definition) is 3. The van der Waals surface area contributed by atoms with Crippen molar-refractivity contribution in [3.05, 3.63) is 125 Å². The Bertz CT molecular complexity index is 1850. The number of anilines is 1. The van der Waals surface area contributed by atoms with Crippen molar-refractivity contribution in [1.29, 1.82) is 0 Å². The van der Waals surface area contributed by atoms with Crippen molar-refractivity contribution in [3.8, 4) is 11.3 Å². The SMILES string of the molecule is Cc1cnn2c(NCc3ccc(CNC(=O)/C=C/c4c[nH]c5ccccc45)cc3)cc(-c3ccccc3Cl)nc12. The van der Waals surface area contributed by atoms with Crippen LogP contribution in [0.3, 0.4) is 0 Å². The number of amides is 1. The highest BCUT2D eigenvalue weighted by Gasteiger charge is 2.12. The molecule has 0 saturated carbocycles. The quantitative estimate of drug-likeness (QED) is 0.184. The maximum absolute atomic E-state index is 12.4. The third-order valence-corrected chi connectivity index (χ3v) is 7.13. The molecular formula is C32H27ClN6O. The van der Waals surface area contributed by atoms with Crippen molar-refractivity contribution in [1.82, 2.24) is 24.9 Å². The lowest BCUT2D eigenvalue weighted by Crippen LogP contribution is -2.20. The number of aromatic nitrogens is 4. The van der Waals surface area contributed by atoms with E-state index in [-0.39, 0.29) is 5.91 Å². The predicted molar refractivity (Wildman–Crippen MR) is 161 cm³/mol. The molecule has 6 rings (SSSR count). The Kier molecular flexibility index (Phi) is 7.04. The number of benzene rings is 3. The molecule has 3 aromatic heterocycles. The molecule has 0 spiro atoms. The highest BCUT2D eigenvalue weighted by Crippen LogP contribution is 2.29. The van der Waals surface area contributed by atoms with Gasteiger partial charge in [-0.05, 0) is 41.8 Å². The maximum Gasteiger partial charge on any atom is 0.244 e. The second-order valence-electron chi connectivity index (χ2n) is 9.58. The van der Waals surface area contributed by atoms with Gasteiger partial charge in [0.2, 0.25) is 5.91 Å². The van der Waals surface area contributed by atoms with Crippen molar-refractivity contribution in [2.75, 3.05) is 5.32 Å². The van der Waals surface area contributed by atoms with E-state index in [0.717, 1.165) is 55.9 Å². The molecule has 0 fully saturated rings. The first-order valence-corrected chi connectivity index (χ1v) is 13.4. The normalized spacial score (nSPS) is 11.4. The molecule has 3 aromatic carbocycles. The van der Waals surface area contributed by atoms with E-state index in [4.69, 9.17) is 16.6 Å². The van der Waals surface area contributed by atoms with E-state index >= 15 is 0 Å². The lowest BCUT2D eigenvalue weighted by atomic mass is 10.1. The number of hydrogen-bond acceptors (Lipinski definition) is 4. The number of nitrogens with zero attached hydrogens (tertiary/aromatic N) is 3. The Balaban J connectivity index is 1.10. The zero-order chi connectivity index (χ0) is 27.5. The molecule has 198 valence electrons. The predicted octanol–water partition coefficient (Wildman–Crippen LogP) is 6.78. The van der Waals surface area contributed by atoms with Gasteiger partial charge in [-0.1, -0.05) is 72.3 Å².